The van der Waals surface area contributed by atoms with Gasteiger partial charge in [0, 0.05) is 35.0 Å². The average molecular weight is 631 g/mol. The predicted octanol–water partition coefficient (Wildman–Crippen LogP) is 7.32. The Morgan fingerprint density at radius 1 is 0.957 bits per heavy atom. The number of hydrogen-bond acceptors (Lipinski definition) is 8. The maximum Gasteiger partial charge on any atom is 0.298 e. The number of ether oxygens (including phenoxy) is 3. The average Bonchev–Trinajstić information content (AvgIpc) is 3.12. The molecule has 1 spiro atoms. The number of allylic oxidation sites excluding steroid dienone is 8. The van der Waals surface area contributed by atoms with E-state index in [9.17, 15) is 24.6 Å². The molecule has 6 rings (SSSR count). The van der Waals surface area contributed by atoms with E-state index in [2.05, 4.69) is 19.9 Å². The molecule has 0 radical (unpaired) electrons. The summed E-state index contributed by atoms with van der Waals surface area (Å²) in [4.78, 5) is 39.9. The molecule has 1 aromatic carbocycles. The lowest BCUT2D eigenvalue weighted by atomic mass is 9.51. The number of fused-ring (bicyclic) bond motifs is 1. The van der Waals surface area contributed by atoms with Gasteiger partial charge in [-0.1, -0.05) is 41.0 Å². The number of rotatable bonds is 11. The van der Waals surface area contributed by atoms with Gasteiger partial charge in [-0.2, -0.15) is 0 Å². The Kier molecular flexibility index (Phi) is 8.75. The van der Waals surface area contributed by atoms with E-state index in [0.717, 1.165) is 24.0 Å². The van der Waals surface area contributed by atoms with Crippen LogP contribution in [0.2, 0.25) is 0 Å². The van der Waals surface area contributed by atoms with Crippen molar-refractivity contribution in [2.24, 2.45) is 11.8 Å². The molecule has 1 aromatic rings. The zero-order valence-corrected chi connectivity index (χ0v) is 28.2. The standard InChI is InChI=1S/C38H46O8/c1-21(2)10-9-11-23(5)13-15-26-31(40)27(14-12-22(3)4)34-30(32(26)41)33(42)28-18-25-19-29-36(7,8)46-37(35(25)43,38(28,29)45-34)17-16-24(6)44-20-39/h10,12-13,16,18,20,25,29,40-41H,9,11,14-15,17,19H2,1-8H3/t25-,29?,37?,38+/m0/s1. The SMILES string of the molecule is CC(C)=CCCC(C)=CCc1c(O)c(CC=C(C)C)c2c(c1O)C(=O)C1=C[C@H]3CC4C(C)(C)OC(CC=C(C)OC=O)(C3=O)[C@@]14O2. The maximum absolute atomic E-state index is 14.7. The smallest absolute Gasteiger partial charge is 0.298 e. The summed E-state index contributed by atoms with van der Waals surface area (Å²) in [5.74, 6) is -1.66. The number of carbonyl (C=O) groups is 3. The summed E-state index contributed by atoms with van der Waals surface area (Å²) in [7, 11) is 0. The van der Waals surface area contributed by atoms with E-state index >= 15 is 0 Å². The van der Waals surface area contributed by atoms with Crippen LogP contribution in [0.1, 0.15) is 103 Å². The van der Waals surface area contributed by atoms with Gasteiger partial charge in [-0.3, -0.25) is 14.4 Å². The summed E-state index contributed by atoms with van der Waals surface area (Å²) < 4.78 is 18.7. The summed E-state index contributed by atoms with van der Waals surface area (Å²) in [6.07, 6.45) is 12.0. The molecule has 2 heterocycles. The number of Topliss-reactive ketones (excluding diaryl/α,β-unsaturated/α-hetero) is 2. The van der Waals surface area contributed by atoms with Crippen LogP contribution in [-0.4, -0.2) is 45.1 Å². The fourth-order valence-electron chi connectivity index (χ4n) is 7.83. The molecule has 8 nitrogen and oxygen atoms in total. The monoisotopic (exact) mass is 630 g/mol. The van der Waals surface area contributed by atoms with Crippen molar-refractivity contribution >= 4 is 18.0 Å². The Hall–Kier alpha value is -3.91. The minimum Gasteiger partial charge on any atom is -0.507 e. The van der Waals surface area contributed by atoms with Crippen LogP contribution in [0.4, 0.5) is 0 Å². The minimum atomic E-state index is -1.59. The van der Waals surface area contributed by atoms with E-state index in [4.69, 9.17) is 14.2 Å². The van der Waals surface area contributed by atoms with E-state index in [-0.39, 0.29) is 59.3 Å². The second kappa shape index (κ2) is 12.0. The molecule has 1 saturated heterocycles. The summed E-state index contributed by atoms with van der Waals surface area (Å²) in [6.45, 7) is 15.7. The van der Waals surface area contributed by atoms with Crippen LogP contribution in [0.25, 0.3) is 0 Å². The third kappa shape index (κ3) is 5.15. The van der Waals surface area contributed by atoms with E-state index in [0.29, 0.717) is 29.8 Å². The fraction of sp³-hybridized carbons (Fsp3) is 0.500. The Balaban J connectivity index is 1.70. The van der Waals surface area contributed by atoms with Gasteiger partial charge in [0.25, 0.3) is 6.47 Å². The normalized spacial score (nSPS) is 27.3. The zero-order valence-electron chi connectivity index (χ0n) is 28.2. The van der Waals surface area contributed by atoms with Gasteiger partial charge in [-0.25, -0.2) is 0 Å². The Labute approximate surface area is 271 Å². The van der Waals surface area contributed by atoms with Gasteiger partial charge >= 0.3 is 0 Å². The van der Waals surface area contributed by atoms with Crippen LogP contribution in [0.5, 0.6) is 17.2 Å². The van der Waals surface area contributed by atoms with Gasteiger partial charge in [0.2, 0.25) is 0 Å². The highest BCUT2D eigenvalue weighted by Gasteiger charge is 2.81. The first-order valence-electron chi connectivity index (χ1n) is 16.1. The number of carbonyl (C=O) groups excluding carboxylic acids is 3. The highest BCUT2D eigenvalue weighted by atomic mass is 16.6. The van der Waals surface area contributed by atoms with Crippen molar-refractivity contribution in [3.8, 4) is 17.2 Å². The Bertz CT molecular complexity index is 1640. The Morgan fingerprint density at radius 2 is 1.63 bits per heavy atom. The molecule has 4 bridgehead atoms. The first-order chi connectivity index (χ1) is 21.6. The third-order valence-corrected chi connectivity index (χ3v) is 10.1. The van der Waals surface area contributed by atoms with Gasteiger partial charge in [0.1, 0.15) is 28.6 Å². The molecule has 2 N–H and O–H groups in total. The number of ketones is 2. The van der Waals surface area contributed by atoms with Crippen molar-refractivity contribution in [3.05, 3.63) is 75.1 Å². The van der Waals surface area contributed by atoms with E-state index in [1.807, 2.05) is 46.8 Å². The van der Waals surface area contributed by atoms with Gasteiger partial charge in [-0.15, -0.1) is 0 Å². The zero-order chi connectivity index (χ0) is 33.8. The molecular formula is C38H46O8. The van der Waals surface area contributed by atoms with Crippen LogP contribution < -0.4 is 4.74 Å². The molecule has 3 aliphatic carbocycles. The summed E-state index contributed by atoms with van der Waals surface area (Å²) in [5.41, 5.74) is 0.344. The van der Waals surface area contributed by atoms with E-state index < -0.39 is 28.5 Å². The highest BCUT2D eigenvalue weighted by Crippen LogP contribution is 2.68. The number of phenolic OH excluding ortho intramolecular Hbond substituents is 2. The quantitative estimate of drug-likeness (QED) is 0.148. The number of hydrogen-bond donors (Lipinski definition) is 2. The first-order valence-corrected chi connectivity index (χ1v) is 16.1. The van der Waals surface area contributed by atoms with Crippen molar-refractivity contribution < 1.29 is 38.8 Å². The van der Waals surface area contributed by atoms with Crippen LogP contribution in [-0.2, 0) is 31.9 Å². The molecule has 1 saturated carbocycles. The molecule has 0 aromatic heterocycles. The lowest BCUT2D eigenvalue weighted by Gasteiger charge is -2.56. The molecule has 246 valence electrons. The number of benzene rings is 1. The molecular weight excluding hydrogens is 584 g/mol. The number of aromatic hydroxyl groups is 2. The van der Waals surface area contributed by atoms with Crippen LogP contribution in [0, 0.1) is 11.8 Å². The lowest BCUT2D eigenvalue weighted by molar-refractivity contribution is -0.171. The van der Waals surface area contributed by atoms with E-state index in [1.54, 1.807) is 19.1 Å². The first kappa shape index (κ1) is 33.5. The minimum absolute atomic E-state index is 0.000733. The van der Waals surface area contributed by atoms with Crippen LogP contribution in [0.3, 0.4) is 0 Å². The van der Waals surface area contributed by atoms with E-state index in [1.165, 1.54) is 5.57 Å². The van der Waals surface area contributed by atoms with Gasteiger partial charge in [0.15, 0.2) is 22.8 Å². The van der Waals surface area contributed by atoms with Crippen LogP contribution in [0.15, 0.2) is 58.4 Å². The maximum atomic E-state index is 14.7. The molecule has 8 heteroatoms. The molecule has 4 atom stereocenters. The molecule has 0 amide bonds. The largest absolute Gasteiger partial charge is 0.507 e. The van der Waals surface area contributed by atoms with Crippen LogP contribution >= 0.6 is 0 Å². The fourth-order valence-corrected chi connectivity index (χ4v) is 7.83. The second-order valence-corrected chi connectivity index (χ2v) is 14.2. The highest BCUT2D eigenvalue weighted by molar-refractivity contribution is 6.18. The summed E-state index contributed by atoms with van der Waals surface area (Å²) in [6, 6.07) is 0. The van der Waals surface area contributed by atoms with Crippen molar-refractivity contribution in [1.82, 2.24) is 0 Å². The lowest BCUT2D eigenvalue weighted by Crippen LogP contribution is -2.72. The summed E-state index contributed by atoms with van der Waals surface area (Å²) >= 11 is 0. The van der Waals surface area contributed by atoms with Crippen molar-refractivity contribution in [2.45, 2.75) is 111 Å². The molecule has 5 aliphatic rings. The third-order valence-electron chi connectivity index (χ3n) is 10.1. The van der Waals surface area contributed by atoms with Crippen molar-refractivity contribution in [2.75, 3.05) is 0 Å². The molecule has 2 fully saturated rings. The molecule has 2 unspecified atom stereocenters. The van der Waals surface area contributed by atoms with Crippen molar-refractivity contribution in [1.29, 1.82) is 0 Å². The molecule has 2 aliphatic heterocycles. The van der Waals surface area contributed by atoms with Gasteiger partial charge in [-0.05, 0) is 93.6 Å². The second-order valence-electron chi connectivity index (χ2n) is 14.2. The Morgan fingerprint density at radius 3 is 2.28 bits per heavy atom. The predicted molar refractivity (Wildman–Crippen MR) is 175 cm³/mol. The number of phenols is 2. The topological polar surface area (TPSA) is 119 Å². The summed E-state index contributed by atoms with van der Waals surface area (Å²) in [5, 5.41) is 23.5. The van der Waals surface area contributed by atoms with Crippen molar-refractivity contribution in [3.63, 3.8) is 0 Å². The van der Waals surface area contributed by atoms with Gasteiger partial charge < -0.3 is 24.4 Å². The van der Waals surface area contributed by atoms with Gasteiger partial charge in [0.05, 0.1) is 5.60 Å². The molecule has 46 heavy (non-hydrogen) atoms.